The van der Waals surface area contributed by atoms with E-state index in [0.29, 0.717) is 35.3 Å². The molecule has 1 fully saturated rings. The van der Waals surface area contributed by atoms with E-state index in [1.807, 2.05) is 39.8 Å². The first-order chi connectivity index (χ1) is 16.0. The van der Waals surface area contributed by atoms with Gasteiger partial charge in [-0.3, -0.25) is 0 Å². The molecular formula is C25H36O9. The zero-order valence-corrected chi connectivity index (χ0v) is 20.3. The molecule has 1 aliphatic heterocycles. The fourth-order valence-electron chi connectivity index (χ4n) is 3.55. The van der Waals surface area contributed by atoms with Crippen molar-refractivity contribution in [3.63, 3.8) is 0 Å². The van der Waals surface area contributed by atoms with E-state index in [1.165, 1.54) is 7.11 Å². The summed E-state index contributed by atoms with van der Waals surface area (Å²) < 4.78 is 16.3. The van der Waals surface area contributed by atoms with Gasteiger partial charge in [0.1, 0.15) is 30.2 Å². The monoisotopic (exact) mass is 480 g/mol. The largest absolute Gasteiger partial charge is 0.467 e. The summed E-state index contributed by atoms with van der Waals surface area (Å²) in [6.07, 6.45) is -4.01. The maximum Gasteiger partial charge on any atom is 0.339 e. The van der Waals surface area contributed by atoms with Gasteiger partial charge in [0, 0.05) is 0 Å². The van der Waals surface area contributed by atoms with E-state index in [-0.39, 0.29) is 0 Å². The Hall–Kier alpha value is -2.27. The minimum atomic E-state index is -1.58. The third kappa shape index (κ3) is 6.88. The van der Waals surface area contributed by atoms with Gasteiger partial charge in [0.25, 0.3) is 0 Å². The molecule has 1 aromatic carbocycles. The van der Waals surface area contributed by atoms with Crippen LogP contribution in [-0.2, 0) is 27.1 Å². The van der Waals surface area contributed by atoms with Crippen molar-refractivity contribution >= 4 is 5.97 Å². The molecule has 1 saturated heterocycles. The van der Waals surface area contributed by atoms with Crippen LogP contribution in [0.25, 0.3) is 0 Å². The Balaban J connectivity index is 2.60. The summed E-state index contributed by atoms with van der Waals surface area (Å²) >= 11 is 0. The zero-order chi connectivity index (χ0) is 25.6. The van der Waals surface area contributed by atoms with Gasteiger partial charge in [-0.25, -0.2) is 4.79 Å². The maximum atomic E-state index is 12.0. The second kappa shape index (κ2) is 12.4. The van der Waals surface area contributed by atoms with E-state index in [0.717, 1.165) is 11.1 Å². The van der Waals surface area contributed by atoms with Gasteiger partial charge in [-0.15, -0.1) is 0 Å². The Bertz CT molecular complexity index is 857. The van der Waals surface area contributed by atoms with Crippen molar-refractivity contribution < 1.29 is 44.5 Å². The van der Waals surface area contributed by atoms with Crippen molar-refractivity contribution in [2.45, 2.75) is 77.3 Å². The molecule has 190 valence electrons. The Morgan fingerprint density at radius 3 is 1.97 bits per heavy atom. The Labute approximate surface area is 199 Å². The van der Waals surface area contributed by atoms with Crippen LogP contribution in [-0.4, -0.2) is 75.9 Å². The lowest BCUT2D eigenvalue weighted by Gasteiger charge is -2.40. The average molecular weight is 481 g/mol. The van der Waals surface area contributed by atoms with E-state index in [1.54, 1.807) is 12.1 Å². The smallest absolute Gasteiger partial charge is 0.339 e. The quantitative estimate of drug-likeness (QED) is 0.259. The van der Waals surface area contributed by atoms with Gasteiger partial charge >= 0.3 is 5.97 Å². The van der Waals surface area contributed by atoms with Crippen LogP contribution in [0.3, 0.4) is 0 Å². The lowest BCUT2D eigenvalue weighted by molar-refractivity contribution is -0.277. The summed E-state index contributed by atoms with van der Waals surface area (Å²) in [5, 5.41) is 50.7. The van der Waals surface area contributed by atoms with Gasteiger partial charge < -0.3 is 39.7 Å². The second-order valence-electron chi connectivity index (χ2n) is 8.88. The van der Waals surface area contributed by atoms with Crippen molar-refractivity contribution in [1.29, 1.82) is 0 Å². The molecule has 1 aliphatic rings. The van der Waals surface area contributed by atoms with Crippen LogP contribution in [0.1, 0.15) is 50.5 Å². The normalized spacial score (nSPS) is 25.3. The number of hydrogen-bond acceptors (Lipinski definition) is 9. The molecule has 5 N–H and O–H groups in total. The Morgan fingerprint density at radius 1 is 1.00 bits per heavy atom. The van der Waals surface area contributed by atoms with Crippen molar-refractivity contribution in [2.75, 3.05) is 13.7 Å². The van der Waals surface area contributed by atoms with E-state index in [9.17, 15) is 30.3 Å². The highest BCUT2D eigenvalue weighted by Crippen LogP contribution is 2.34. The molecule has 0 aliphatic carbocycles. The van der Waals surface area contributed by atoms with Crippen molar-refractivity contribution in [2.24, 2.45) is 0 Å². The molecule has 9 heteroatoms. The predicted molar refractivity (Wildman–Crippen MR) is 124 cm³/mol. The van der Waals surface area contributed by atoms with E-state index < -0.39 is 49.4 Å². The number of carbonyl (C=O) groups is 1. The van der Waals surface area contributed by atoms with Crippen LogP contribution in [0, 0.1) is 0 Å². The number of benzene rings is 1. The summed E-state index contributed by atoms with van der Waals surface area (Å²) in [5.74, 6) is -0.455. The molecule has 0 aromatic heterocycles. The SMILES string of the molecule is COC(=O)C(O)c1cc(CC=C(C)C)c(OC2OC(CO)C(O)C(O)C2O)c(CC=C(C)C)c1. The van der Waals surface area contributed by atoms with Gasteiger partial charge in [0.15, 0.2) is 6.10 Å². The summed E-state index contributed by atoms with van der Waals surface area (Å²) in [7, 11) is 1.19. The van der Waals surface area contributed by atoms with Gasteiger partial charge in [-0.1, -0.05) is 23.3 Å². The first-order valence-corrected chi connectivity index (χ1v) is 11.2. The molecule has 1 aromatic rings. The minimum Gasteiger partial charge on any atom is -0.467 e. The van der Waals surface area contributed by atoms with Gasteiger partial charge in [0.2, 0.25) is 6.29 Å². The first kappa shape index (κ1) is 28.0. The standard InChI is InChI=1S/C25H36O9/c1-13(2)6-8-15-10-17(19(27)24(31)32-5)11-16(9-7-14(3)4)23(15)34-25-22(30)21(29)20(28)18(12-26)33-25/h6-7,10-11,18-22,25-30H,8-9,12H2,1-5H3. The highest BCUT2D eigenvalue weighted by molar-refractivity contribution is 5.76. The van der Waals surface area contributed by atoms with Crippen molar-refractivity contribution in [3.8, 4) is 5.75 Å². The molecular weight excluding hydrogens is 444 g/mol. The Kier molecular flexibility index (Phi) is 10.2. The summed E-state index contributed by atoms with van der Waals surface area (Å²) in [6.45, 7) is 7.12. The maximum absolute atomic E-state index is 12.0. The van der Waals surface area contributed by atoms with Crippen LogP contribution in [0.2, 0.25) is 0 Å². The van der Waals surface area contributed by atoms with E-state index in [2.05, 4.69) is 4.74 Å². The van der Waals surface area contributed by atoms with E-state index in [4.69, 9.17) is 9.47 Å². The molecule has 0 bridgehead atoms. The van der Waals surface area contributed by atoms with Crippen LogP contribution in [0.15, 0.2) is 35.4 Å². The zero-order valence-electron chi connectivity index (χ0n) is 20.3. The van der Waals surface area contributed by atoms with Crippen molar-refractivity contribution in [3.05, 3.63) is 52.1 Å². The third-order valence-corrected chi connectivity index (χ3v) is 5.55. The average Bonchev–Trinajstić information content (AvgIpc) is 2.81. The topological polar surface area (TPSA) is 146 Å². The molecule has 0 saturated carbocycles. The number of aliphatic hydroxyl groups is 5. The second-order valence-corrected chi connectivity index (χ2v) is 8.88. The number of aliphatic hydroxyl groups excluding tert-OH is 5. The number of ether oxygens (including phenoxy) is 3. The molecule has 0 spiro atoms. The number of esters is 1. The predicted octanol–water partition coefficient (Wildman–Crippen LogP) is 1.09. The molecule has 0 amide bonds. The number of methoxy groups -OCH3 is 1. The van der Waals surface area contributed by atoms with Crippen LogP contribution >= 0.6 is 0 Å². The van der Waals surface area contributed by atoms with Crippen LogP contribution < -0.4 is 4.74 Å². The summed E-state index contributed by atoms with van der Waals surface area (Å²) in [6, 6.07) is 3.23. The lowest BCUT2D eigenvalue weighted by Crippen LogP contribution is -2.60. The summed E-state index contributed by atoms with van der Waals surface area (Å²) in [4.78, 5) is 12.0. The highest BCUT2D eigenvalue weighted by Gasteiger charge is 2.45. The molecule has 9 nitrogen and oxygen atoms in total. The summed E-state index contributed by atoms with van der Waals surface area (Å²) in [5.41, 5.74) is 3.60. The molecule has 1 heterocycles. The first-order valence-electron chi connectivity index (χ1n) is 11.2. The van der Waals surface area contributed by atoms with Gasteiger partial charge in [0.05, 0.1) is 13.7 Å². The van der Waals surface area contributed by atoms with Crippen LogP contribution in [0.4, 0.5) is 0 Å². The number of rotatable bonds is 9. The fraction of sp³-hybridized carbons (Fsp3) is 0.560. The molecule has 2 rings (SSSR count). The minimum absolute atomic E-state index is 0.322. The molecule has 6 unspecified atom stereocenters. The van der Waals surface area contributed by atoms with Crippen molar-refractivity contribution in [1.82, 2.24) is 0 Å². The lowest BCUT2D eigenvalue weighted by atomic mass is 9.95. The van der Waals surface area contributed by atoms with Crippen LogP contribution in [0.5, 0.6) is 5.75 Å². The fourth-order valence-corrected chi connectivity index (χ4v) is 3.55. The molecule has 0 radical (unpaired) electrons. The molecule has 6 atom stereocenters. The third-order valence-electron chi connectivity index (χ3n) is 5.55. The van der Waals surface area contributed by atoms with Gasteiger partial charge in [-0.2, -0.15) is 0 Å². The molecule has 34 heavy (non-hydrogen) atoms. The number of carbonyl (C=O) groups excluding carboxylic acids is 1. The Morgan fingerprint density at radius 2 is 1.53 bits per heavy atom. The van der Waals surface area contributed by atoms with Gasteiger partial charge in [-0.05, 0) is 69.4 Å². The van der Waals surface area contributed by atoms with E-state index >= 15 is 0 Å². The number of hydrogen-bond donors (Lipinski definition) is 5. The highest BCUT2D eigenvalue weighted by atomic mass is 16.7. The number of allylic oxidation sites excluding steroid dienone is 4.